The Labute approximate surface area is 185 Å². The van der Waals surface area contributed by atoms with E-state index >= 15 is 0 Å². The van der Waals surface area contributed by atoms with Gasteiger partial charge in [0.25, 0.3) is 0 Å². The maximum absolute atomic E-state index is 13.1. The van der Waals surface area contributed by atoms with Crippen molar-refractivity contribution in [3.8, 4) is 0 Å². The first-order valence-corrected chi connectivity index (χ1v) is 9.23. The van der Waals surface area contributed by atoms with E-state index in [1.807, 2.05) is 18.2 Å². The lowest BCUT2D eigenvalue weighted by Gasteiger charge is -2.34. The Kier molecular flexibility index (Phi) is 8.17. The first kappa shape index (κ1) is 23.3. The molecule has 160 valence electrons. The number of nitrogens with zero attached hydrogens (tertiary/aromatic N) is 4. The number of hydrogen-bond acceptors (Lipinski definition) is 3. The Hall–Kier alpha value is -1.98. The van der Waals surface area contributed by atoms with Gasteiger partial charge in [0.1, 0.15) is 0 Å². The Bertz CT molecular complexity index is 798. The zero-order valence-electron chi connectivity index (χ0n) is 16.4. The minimum Gasteiger partial charge on any atom is -0.371 e. The van der Waals surface area contributed by atoms with Gasteiger partial charge in [-0.3, -0.25) is 9.67 Å². The predicted octanol–water partition coefficient (Wildman–Crippen LogP) is 3.39. The van der Waals surface area contributed by atoms with Crippen molar-refractivity contribution in [3.63, 3.8) is 0 Å². The summed E-state index contributed by atoms with van der Waals surface area (Å²) in [6, 6.07) is 10.5. The van der Waals surface area contributed by atoms with E-state index in [0.29, 0.717) is 5.96 Å². The first-order chi connectivity index (χ1) is 13.4. The molecule has 0 atom stereocenters. The van der Waals surface area contributed by atoms with Gasteiger partial charge in [-0.1, -0.05) is 18.2 Å². The molecule has 1 saturated heterocycles. The zero-order chi connectivity index (χ0) is 20.1. The Morgan fingerprint density at radius 3 is 2.45 bits per heavy atom. The molecule has 0 saturated carbocycles. The number of rotatable bonds is 4. The molecular weight excluding hydrogens is 496 g/mol. The lowest BCUT2D eigenvalue weighted by molar-refractivity contribution is -0.142. The number of piperidine rings is 1. The van der Waals surface area contributed by atoms with E-state index in [9.17, 15) is 13.2 Å². The van der Waals surface area contributed by atoms with Gasteiger partial charge < -0.3 is 15.5 Å². The van der Waals surface area contributed by atoms with Crippen LogP contribution in [0.4, 0.5) is 18.9 Å². The largest absolute Gasteiger partial charge is 0.435 e. The summed E-state index contributed by atoms with van der Waals surface area (Å²) in [6.07, 6.45) is -1.24. The molecule has 3 rings (SSSR count). The Morgan fingerprint density at radius 2 is 1.86 bits per heavy atom. The normalized spacial score (nSPS) is 15.8. The molecule has 2 aromatic rings. The molecule has 2 heterocycles. The number of nitrogens with one attached hydrogen (secondary N) is 2. The van der Waals surface area contributed by atoms with Crippen molar-refractivity contribution < 1.29 is 13.2 Å². The van der Waals surface area contributed by atoms with Crippen molar-refractivity contribution in [2.45, 2.75) is 31.6 Å². The molecule has 1 fully saturated rings. The summed E-state index contributed by atoms with van der Waals surface area (Å²) in [4.78, 5) is 6.48. The average molecular weight is 522 g/mol. The molecule has 6 nitrogen and oxygen atoms in total. The SMILES string of the molecule is CN=C(NCc1cn(C)nc1C(F)(F)F)NC1CCN(c2ccccc2)CC1.I. The van der Waals surface area contributed by atoms with Crippen molar-refractivity contribution in [1.82, 2.24) is 20.4 Å². The van der Waals surface area contributed by atoms with E-state index in [4.69, 9.17) is 0 Å². The Morgan fingerprint density at radius 1 is 1.21 bits per heavy atom. The highest BCUT2D eigenvalue weighted by atomic mass is 127. The lowest BCUT2D eigenvalue weighted by Crippen LogP contribution is -2.48. The minimum atomic E-state index is -4.47. The second kappa shape index (κ2) is 10.2. The molecule has 0 amide bonds. The monoisotopic (exact) mass is 522 g/mol. The first-order valence-electron chi connectivity index (χ1n) is 9.23. The van der Waals surface area contributed by atoms with E-state index in [-0.39, 0.29) is 42.1 Å². The standard InChI is InChI=1S/C19H25F3N6.HI/c1-23-18(24-12-14-13-27(2)26-17(14)19(20,21)22)25-15-8-10-28(11-9-15)16-6-4-3-5-7-16;/h3-7,13,15H,8-12H2,1-2H3,(H2,23,24,25);1H. The summed E-state index contributed by atoms with van der Waals surface area (Å²) in [5.41, 5.74) is 0.436. The van der Waals surface area contributed by atoms with Crippen molar-refractivity contribution >= 4 is 35.6 Å². The molecule has 29 heavy (non-hydrogen) atoms. The van der Waals surface area contributed by atoms with Gasteiger partial charge in [-0.15, -0.1) is 24.0 Å². The van der Waals surface area contributed by atoms with E-state index in [2.05, 4.69) is 37.8 Å². The molecule has 10 heteroatoms. The van der Waals surface area contributed by atoms with Gasteiger partial charge in [0.2, 0.25) is 0 Å². The quantitative estimate of drug-likeness (QED) is 0.368. The molecule has 1 aromatic heterocycles. The minimum absolute atomic E-state index is 0. The smallest absolute Gasteiger partial charge is 0.371 e. The van der Waals surface area contributed by atoms with Crippen molar-refractivity contribution in [3.05, 3.63) is 47.8 Å². The fraction of sp³-hybridized carbons (Fsp3) is 0.474. The third kappa shape index (κ3) is 6.25. The van der Waals surface area contributed by atoms with Crippen LogP contribution in [0.25, 0.3) is 0 Å². The number of para-hydroxylation sites is 1. The van der Waals surface area contributed by atoms with Crippen molar-refractivity contribution in [1.29, 1.82) is 0 Å². The lowest BCUT2D eigenvalue weighted by atomic mass is 10.0. The molecular formula is C19H26F3IN6. The number of benzene rings is 1. The third-order valence-corrected chi connectivity index (χ3v) is 4.80. The molecule has 1 aliphatic heterocycles. The predicted molar refractivity (Wildman–Crippen MR) is 119 cm³/mol. The highest BCUT2D eigenvalue weighted by molar-refractivity contribution is 14.0. The van der Waals surface area contributed by atoms with Crippen LogP contribution in [0.15, 0.2) is 41.5 Å². The van der Waals surface area contributed by atoms with E-state index in [1.165, 1.54) is 23.6 Å². The number of halogens is 4. The van der Waals surface area contributed by atoms with E-state index < -0.39 is 11.9 Å². The summed E-state index contributed by atoms with van der Waals surface area (Å²) in [5.74, 6) is 0.495. The van der Waals surface area contributed by atoms with Gasteiger partial charge in [-0.05, 0) is 25.0 Å². The molecule has 0 spiro atoms. The van der Waals surface area contributed by atoms with Gasteiger partial charge in [-0.25, -0.2) is 0 Å². The van der Waals surface area contributed by atoms with Crippen LogP contribution in [-0.2, 0) is 19.8 Å². The average Bonchev–Trinajstić information content (AvgIpc) is 3.07. The summed E-state index contributed by atoms with van der Waals surface area (Å²) in [6.45, 7) is 1.84. The number of hydrogen-bond donors (Lipinski definition) is 2. The molecule has 2 N–H and O–H groups in total. The number of aromatic nitrogens is 2. The van der Waals surface area contributed by atoms with Crippen LogP contribution in [0.2, 0.25) is 0 Å². The van der Waals surface area contributed by atoms with Gasteiger partial charge in [0, 0.05) is 57.2 Å². The number of aryl methyl sites for hydroxylation is 1. The van der Waals surface area contributed by atoms with Gasteiger partial charge in [-0.2, -0.15) is 18.3 Å². The van der Waals surface area contributed by atoms with E-state index in [0.717, 1.165) is 25.9 Å². The van der Waals surface area contributed by atoms with Crippen LogP contribution < -0.4 is 15.5 Å². The van der Waals surface area contributed by atoms with Crippen molar-refractivity contribution in [2.24, 2.45) is 12.0 Å². The fourth-order valence-corrected chi connectivity index (χ4v) is 3.39. The maximum atomic E-state index is 13.1. The molecule has 1 aromatic carbocycles. The van der Waals surface area contributed by atoms with Crippen LogP contribution in [0.5, 0.6) is 0 Å². The molecule has 0 aliphatic carbocycles. The molecule has 0 radical (unpaired) electrons. The van der Waals surface area contributed by atoms with Crippen LogP contribution in [0.1, 0.15) is 24.1 Å². The van der Waals surface area contributed by atoms with Crippen LogP contribution in [0, 0.1) is 0 Å². The topological polar surface area (TPSA) is 57.5 Å². The second-order valence-electron chi connectivity index (χ2n) is 6.84. The summed E-state index contributed by atoms with van der Waals surface area (Å²) >= 11 is 0. The maximum Gasteiger partial charge on any atom is 0.435 e. The van der Waals surface area contributed by atoms with Crippen LogP contribution >= 0.6 is 24.0 Å². The zero-order valence-corrected chi connectivity index (χ0v) is 18.7. The van der Waals surface area contributed by atoms with E-state index in [1.54, 1.807) is 7.05 Å². The van der Waals surface area contributed by atoms with Crippen LogP contribution in [-0.4, -0.2) is 41.9 Å². The molecule has 1 aliphatic rings. The van der Waals surface area contributed by atoms with Gasteiger partial charge in [0.05, 0.1) is 0 Å². The molecule has 0 unspecified atom stereocenters. The number of guanidine groups is 1. The molecule has 0 bridgehead atoms. The van der Waals surface area contributed by atoms with Gasteiger partial charge in [0.15, 0.2) is 11.7 Å². The number of aliphatic imine (C=N–C) groups is 1. The summed E-state index contributed by atoms with van der Waals surface area (Å²) < 4.78 is 40.4. The third-order valence-electron chi connectivity index (χ3n) is 4.80. The fourth-order valence-electron chi connectivity index (χ4n) is 3.39. The number of alkyl halides is 3. The number of anilines is 1. The highest BCUT2D eigenvalue weighted by Crippen LogP contribution is 2.30. The summed E-state index contributed by atoms with van der Waals surface area (Å²) in [5, 5.41) is 9.81. The second-order valence-corrected chi connectivity index (χ2v) is 6.84. The van der Waals surface area contributed by atoms with Crippen LogP contribution in [0.3, 0.4) is 0 Å². The van der Waals surface area contributed by atoms with Crippen molar-refractivity contribution in [2.75, 3.05) is 25.0 Å². The highest BCUT2D eigenvalue weighted by Gasteiger charge is 2.36. The summed E-state index contributed by atoms with van der Waals surface area (Å²) in [7, 11) is 3.09. The van der Waals surface area contributed by atoms with Gasteiger partial charge >= 0.3 is 6.18 Å². The Balaban J connectivity index is 0.00000300.